The van der Waals surface area contributed by atoms with E-state index in [1.165, 1.54) is 118 Å². The second-order valence-electron chi connectivity index (χ2n) is 13.2. The van der Waals surface area contributed by atoms with Crippen LogP contribution >= 0.6 is 0 Å². The van der Waals surface area contributed by atoms with E-state index in [2.05, 4.69) is 102 Å². The van der Waals surface area contributed by atoms with Gasteiger partial charge in [0.25, 0.3) is 0 Å². The monoisotopic (exact) mass is 770 g/mol. The van der Waals surface area contributed by atoms with E-state index >= 15 is 0 Å². The van der Waals surface area contributed by atoms with Gasteiger partial charge in [-0.3, -0.25) is 0 Å². The number of rotatable bonds is 22. The van der Waals surface area contributed by atoms with E-state index in [1.54, 1.807) is 13.8 Å². The first-order chi connectivity index (χ1) is 24.1. The van der Waals surface area contributed by atoms with Gasteiger partial charge >= 0.3 is 20.4 Å². The summed E-state index contributed by atoms with van der Waals surface area (Å²) >= 11 is 0. The van der Waals surface area contributed by atoms with E-state index in [0.717, 1.165) is 66.6 Å². The van der Waals surface area contributed by atoms with Crippen LogP contribution in [0, 0.1) is 25.7 Å². The molecule has 1 aliphatic rings. The van der Waals surface area contributed by atoms with Crippen LogP contribution in [0.1, 0.15) is 186 Å². The van der Waals surface area contributed by atoms with Gasteiger partial charge in [0.1, 0.15) is 5.57 Å². The SMILES string of the molecule is CCCCCCCCCC#CC1=C(c2ccc(CCCC)cc2)[N+](=[N-])C(c2ccc(CCCC)cc2)=C1CCCCCCCC.[CH2-]C.[CH2-]C.[Pd+2]. The van der Waals surface area contributed by atoms with Gasteiger partial charge in [-0.2, -0.15) is 13.8 Å². The molecule has 0 aliphatic carbocycles. The molecule has 0 unspecified atom stereocenters. The van der Waals surface area contributed by atoms with E-state index in [-0.39, 0.29) is 20.4 Å². The molecule has 0 N–H and O–H groups in total. The third-order valence-corrected chi connectivity index (χ3v) is 9.24. The first-order valence-corrected chi connectivity index (χ1v) is 20.2. The van der Waals surface area contributed by atoms with Crippen LogP contribution in [0.3, 0.4) is 0 Å². The zero-order valence-electron chi connectivity index (χ0n) is 33.1. The zero-order valence-corrected chi connectivity index (χ0v) is 34.6. The van der Waals surface area contributed by atoms with Crippen LogP contribution in [0.2, 0.25) is 0 Å². The molecule has 2 nitrogen and oxygen atoms in total. The molecule has 3 heteroatoms. The molecule has 0 fully saturated rings. The van der Waals surface area contributed by atoms with Crippen molar-refractivity contribution in [2.75, 3.05) is 0 Å². The van der Waals surface area contributed by atoms with Gasteiger partial charge in [0, 0.05) is 23.1 Å². The normalized spacial score (nSPS) is 12.0. The molecule has 2 aromatic rings. The summed E-state index contributed by atoms with van der Waals surface area (Å²) in [6.07, 6.45) is 25.4. The second-order valence-corrected chi connectivity index (χ2v) is 13.2. The molecule has 50 heavy (non-hydrogen) atoms. The van der Waals surface area contributed by atoms with Gasteiger partial charge in [-0.1, -0.05) is 147 Å². The number of allylic oxidation sites excluding steroid dienone is 2. The summed E-state index contributed by atoms with van der Waals surface area (Å²) in [6.45, 7) is 19.0. The molecule has 3 rings (SSSR count). The summed E-state index contributed by atoms with van der Waals surface area (Å²) in [5.41, 5.74) is 20.9. The van der Waals surface area contributed by atoms with E-state index < -0.39 is 0 Å². The maximum Gasteiger partial charge on any atom is 2.00 e. The van der Waals surface area contributed by atoms with Crippen molar-refractivity contribution in [1.29, 1.82) is 0 Å². The molecule has 0 amide bonds. The largest absolute Gasteiger partial charge is 2.00 e. The molecule has 280 valence electrons. The van der Waals surface area contributed by atoms with Gasteiger partial charge in [-0.05, 0) is 80.3 Å². The predicted molar refractivity (Wildman–Crippen MR) is 218 cm³/mol. The van der Waals surface area contributed by atoms with Crippen molar-refractivity contribution in [1.82, 2.24) is 0 Å². The summed E-state index contributed by atoms with van der Waals surface area (Å²) in [5, 5.41) is 0. The zero-order chi connectivity index (χ0) is 36.1. The van der Waals surface area contributed by atoms with Crippen molar-refractivity contribution in [3.8, 4) is 11.8 Å². The summed E-state index contributed by atoms with van der Waals surface area (Å²) in [7, 11) is 0. The number of hydrogen-bond acceptors (Lipinski definition) is 0. The maximum absolute atomic E-state index is 12.0. The Morgan fingerprint density at radius 1 is 0.500 bits per heavy atom. The summed E-state index contributed by atoms with van der Waals surface area (Å²) in [4.78, 5) is 0. The van der Waals surface area contributed by atoms with Gasteiger partial charge in [-0.15, -0.1) is 0 Å². The molecule has 0 aromatic heterocycles. The number of nitrogens with zero attached hydrogens (tertiary/aromatic N) is 2. The molecule has 0 radical (unpaired) electrons. The standard InChI is InChI=1S/C43H62N2.2C2H5.Pd/c1-5-9-13-15-17-18-19-21-23-27-41-40(26-22-20-16-14-10-6-2)42(38-32-28-36(29-33-38)24-11-7-3)45(44)43(41)39-34-30-37(31-35-39)25-12-8-4;2*1-2;/h28-35H,5-22,24-26H2,1-4H3;2*1H2,2H3;/q;2*-1;+2. The van der Waals surface area contributed by atoms with Crippen molar-refractivity contribution in [2.45, 2.75) is 176 Å². The third-order valence-electron chi connectivity index (χ3n) is 9.24. The van der Waals surface area contributed by atoms with Crippen molar-refractivity contribution >= 4 is 11.4 Å². The second kappa shape index (κ2) is 31.5. The smallest absolute Gasteiger partial charge is 0.493 e. The first kappa shape index (κ1) is 47.7. The van der Waals surface area contributed by atoms with Gasteiger partial charge in [0.05, 0.1) is 0 Å². The Labute approximate surface area is 324 Å². The Morgan fingerprint density at radius 3 is 1.36 bits per heavy atom. The quantitative estimate of drug-likeness (QED) is 0.0375. The fourth-order valence-electron chi connectivity index (χ4n) is 6.37. The summed E-state index contributed by atoms with van der Waals surface area (Å²) in [5.74, 6) is 7.20. The number of hydrogen-bond donors (Lipinski definition) is 0. The van der Waals surface area contributed by atoms with Crippen LogP contribution in [0.15, 0.2) is 59.7 Å². The topological polar surface area (TPSA) is 25.3 Å². The molecule has 0 saturated carbocycles. The van der Waals surface area contributed by atoms with Gasteiger partial charge in [-0.25, -0.2) is 4.70 Å². The van der Waals surface area contributed by atoms with Gasteiger partial charge in [0.2, 0.25) is 11.4 Å². The number of benzene rings is 2. The summed E-state index contributed by atoms with van der Waals surface area (Å²) < 4.78 is 1.48. The molecule has 0 bridgehead atoms. The van der Waals surface area contributed by atoms with Crippen molar-refractivity contribution in [3.63, 3.8) is 0 Å². The minimum absolute atomic E-state index is 0. The fourth-order valence-corrected chi connectivity index (χ4v) is 6.37. The van der Waals surface area contributed by atoms with Gasteiger partial charge in [0.15, 0.2) is 0 Å². The molecule has 0 atom stereocenters. The minimum atomic E-state index is 0. The van der Waals surface area contributed by atoms with Crippen LogP contribution in [-0.4, -0.2) is 4.70 Å². The molecular formula is C47H72N2Pd. The van der Waals surface area contributed by atoms with Crippen molar-refractivity contribution < 1.29 is 25.1 Å². The van der Waals surface area contributed by atoms with E-state index in [1.807, 2.05) is 0 Å². The average Bonchev–Trinajstić information content (AvgIpc) is 3.42. The molecule has 0 saturated heterocycles. The molecule has 0 spiro atoms. The van der Waals surface area contributed by atoms with Gasteiger partial charge < -0.3 is 19.4 Å². The van der Waals surface area contributed by atoms with Crippen LogP contribution < -0.4 is 0 Å². The first-order valence-electron chi connectivity index (χ1n) is 20.2. The molecular weight excluding hydrogens is 699 g/mol. The van der Waals surface area contributed by atoms with E-state index in [4.69, 9.17) is 0 Å². The predicted octanol–water partition coefficient (Wildman–Crippen LogP) is 15.1. The Morgan fingerprint density at radius 2 is 0.900 bits per heavy atom. The van der Waals surface area contributed by atoms with Crippen molar-refractivity contribution in [3.05, 3.63) is 101 Å². The van der Waals surface area contributed by atoms with Crippen LogP contribution in [0.25, 0.3) is 16.9 Å². The molecule has 1 heterocycles. The van der Waals surface area contributed by atoms with Crippen LogP contribution in [-0.2, 0) is 33.3 Å². The molecule has 1 aliphatic heterocycles. The average molecular weight is 772 g/mol. The third kappa shape index (κ3) is 17.3. The van der Waals surface area contributed by atoms with E-state index in [9.17, 15) is 5.53 Å². The summed E-state index contributed by atoms with van der Waals surface area (Å²) in [6, 6.07) is 17.8. The number of aryl methyl sites for hydroxylation is 2. The number of unbranched alkanes of at least 4 members (excludes halogenated alkanes) is 14. The van der Waals surface area contributed by atoms with Crippen molar-refractivity contribution in [2.24, 2.45) is 0 Å². The fraction of sp³-hybridized carbons (Fsp3) is 0.574. The van der Waals surface area contributed by atoms with Crippen LogP contribution in [0.4, 0.5) is 0 Å². The Bertz CT molecular complexity index is 1270. The minimum Gasteiger partial charge on any atom is -0.493 e. The molecule has 2 aromatic carbocycles. The van der Waals surface area contributed by atoms with E-state index in [0.29, 0.717) is 0 Å². The Hall–Kier alpha value is -2.26. The Kier molecular flexibility index (Phi) is 30.1. The maximum atomic E-state index is 12.0. The Balaban J connectivity index is 0.00000463. The van der Waals surface area contributed by atoms with Crippen LogP contribution in [0.5, 0.6) is 0 Å².